The number of nitrogens with one attached hydrogen (secondary N) is 1. The second-order valence-electron chi connectivity index (χ2n) is 4.57. The van der Waals surface area contributed by atoms with Crippen molar-refractivity contribution in [2.24, 2.45) is 0 Å². The zero-order valence-electron chi connectivity index (χ0n) is 12.2. The molecule has 1 N–H and O–H groups in total. The Morgan fingerprint density at radius 1 is 1.14 bits per heavy atom. The molecule has 0 aliphatic carbocycles. The van der Waals surface area contributed by atoms with Crippen LogP contribution in [-0.4, -0.2) is 13.7 Å². The van der Waals surface area contributed by atoms with Gasteiger partial charge >= 0.3 is 0 Å². The molecule has 116 valence electrons. The van der Waals surface area contributed by atoms with Crippen LogP contribution in [0.4, 0.5) is 5.69 Å². The van der Waals surface area contributed by atoms with E-state index in [0.717, 1.165) is 31.7 Å². The van der Waals surface area contributed by atoms with Gasteiger partial charge in [0.15, 0.2) is 0 Å². The highest BCUT2D eigenvalue weighted by molar-refractivity contribution is 9.11. The van der Waals surface area contributed by atoms with Crippen molar-refractivity contribution in [1.82, 2.24) is 0 Å². The molecule has 0 fully saturated rings. The maximum Gasteiger partial charge on any atom is 0.148 e. The molecule has 2 aromatic rings. The molecule has 3 nitrogen and oxygen atoms in total. The Bertz CT molecular complexity index is 619. The summed E-state index contributed by atoms with van der Waals surface area (Å²) in [5.74, 6) is 1.63. The Hall–Kier alpha value is -1.46. The van der Waals surface area contributed by atoms with Crippen LogP contribution < -0.4 is 14.8 Å². The van der Waals surface area contributed by atoms with E-state index in [9.17, 15) is 0 Å². The van der Waals surface area contributed by atoms with Crippen LogP contribution >= 0.6 is 31.9 Å². The van der Waals surface area contributed by atoms with Crippen LogP contribution in [0.5, 0.6) is 11.5 Å². The summed E-state index contributed by atoms with van der Waals surface area (Å²) in [6.07, 6.45) is 1.72. The normalized spacial score (nSPS) is 10.1. The molecule has 0 aliphatic heterocycles. The summed E-state index contributed by atoms with van der Waals surface area (Å²) in [6, 6.07) is 11.9. The van der Waals surface area contributed by atoms with Crippen molar-refractivity contribution < 1.29 is 9.47 Å². The van der Waals surface area contributed by atoms with Crippen LogP contribution in [0.15, 0.2) is 58.0 Å². The summed E-state index contributed by atoms with van der Waals surface area (Å²) in [7, 11) is 1.66. The Kier molecular flexibility index (Phi) is 6.34. The summed E-state index contributed by atoms with van der Waals surface area (Å²) in [5, 5.41) is 3.38. The molecule has 0 heterocycles. The lowest BCUT2D eigenvalue weighted by Gasteiger charge is -2.12. The molecule has 5 heteroatoms. The molecule has 0 amide bonds. The van der Waals surface area contributed by atoms with Crippen molar-refractivity contribution >= 4 is 37.5 Å². The first-order valence-electron chi connectivity index (χ1n) is 6.73. The quantitative estimate of drug-likeness (QED) is 0.601. The maximum absolute atomic E-state index is 5.61. The molecule has 0 atom stereocenters. The Balaban J connectivity index is 2.04. The first-order chi connectivity index (χ1) is 10.6. The third-order valence-electron chi connectivity index (χ3n) is 2.99. The van der Waals surface area contributed by atoms with Crippen molar-refractivity contribution in [3.8, 4) is 11.5 Å². The summed E-state index contributed by atoms with van der Waals surface area (Å²) in [5.41, 5.74) is 2.18. The third-order valence-corrected chi connectivity index (χ3v) is 4.17. The lowest BCUT2D eigenvalue weighted by atomic mass is 10.2. The van der Waals surface area contributed by atoms with Gasteiger partial charge in [-0.05, 0) is 73.8 Å². The molecule has 0 aromatic heterocycles. The van der Waals surface area contributed by atoms with Gasteiger partial charge in [0.25, 0.3) is 0 Å². The van der Waals surface area contributed by atoms with Gasteiger partial charge in [-0.15, -0.1) is 0 Å². The van der Waals surface area contributed by atoms with Gasteiger partial charge in [0.2, 0.25) is 0 Å². The number of ether oxygens (including phenoxy) is 2. The first-order valence-corrected chi connectivity index (χ1v) is 8.32. The van der Waals surface area contributed by atoms with Gasteiger partial charge in [-0.2, -0.15) is 0 Å². The fraction of sp³-hybridized carbons (Fsp3) is 0.176. The number of rotatable bonds is 7. The molecule has 22 heavy (non-hydrogen) atoms. The maximum atomic E-state index is 5.61. The molecule has 0 aliphatic rings. The molecular weight excluding hydrogens is 410 g/mol. The van der Waals surface area contributed by atoms with E-state index in [4.69, 9.17) is 9.47 Å². The van der Waals surface area contributed by atoms with Crippen LogP contribution in [-0.2, 0) is 6.54 Å². The lowest BCUT2D eigenvalue weighted by molar-refractivity contribution is 0.358. The van der Waals surface area contributed by atoms with Crippen molar-refractivity contribution in [1.29, 1.82) is 0 Å². The van der Waals surface area contributed by atoms with E-state index in [1.807, 2.05) is 36.4 Å². The summed E-state index contributed by atoms with van der Waals surface area (Å²) >= 11 is 7.08. The Morgan fingerprint density at radius 2 is 1.77 bits per heavy atom. The van der Waals surface area contributed by atoms with Crippen molar-refractivity contribution in [2.45, 2.75) is 6.54 Å². The van der Waals surface area contributed by atoms with Crippen molar-refractivity contribution in [2.75, 3.05) is 19.0 Å². The summed E-state index contributed by atoms with van der Waals surface area (Å²) in [4.78, 5) is 0. The number of halogens is 2. The van der Waals surface area contributed by atoms with Crippen LogP contribution in [0, 0.1) is 0 Å². The largest absolute Gasteiger partial charge is 0.497 e. The minimum absolute atomic E-state index is 0.473. The number of anilines is 1. The van der Waals surface area contributed by atoms with E-state index in [1.165, 1.54) is 0 Å². The SMILES string of the molecule is C=CCOc1c(Br)cc(CNc2ccc(OC)cc2)cc1Br. The monoisotopic (exact) mass is 425 g/mol. The Morgan fingerprint density at radius 3 is 2.32 bits per heavy atom. The van der Waals surface area contributed by atoms with Crippen molar-refractivity contribution in [3.05, 3.63) is 63.6 Å². The van der Waals surface area contributed by atoms with Crippen LogP contribution in [0.25, 0.3) is 0 Å². The van der Waals surface area contributed by atoms with E-state index >= 15 is 0 Å². The average molecular weight is 427 g/mol. The van der Waals surface area contributed by atoms with Gasteiger partial charge in [-0.1, -0.05) is 12.7 Å². The second kappa shape index (κ2) is 8.25. The molecule has 0 radical (unpaired) electrons. The fourth-order valence-electron chi connectivity index (χ4n) is 1.91. The molecule has 2 aromatic carbocycles. The predicted octanol–water partition coefficient (Wildman–Crippen LogP) is 5.40. The molecular formula is C17H17Br2NO2. The predicted molar refractivity (Wildman–Crippen MR) is 97.9 cm³/mol. The fourth-order valence-corrected chi connectivity index (χ4v) is 3.42. The molecule has 2 rings (SSSR count). The van der Waals surface area contributed by atoms with Crippen LogP contribution in [0.1, 0.15) is 5.56 Å². The van der Waals surface area contributed by atoms with Crippen LogP contribution in [0.2, 0.25) is 0 Å². The Labute approximate surface area is 147 Å². The highest BCUT2D eigenvalue weighted by atomic mass is 79.9. The summed E-state index contributed by atoms with van der Waals surface area (Å²) in [6.45, 7) is 4.84. The lowest BCUT2D eigenvalue weighted by Crippen LogP contribution is -2.01. The van der Waals surface area contributed by atoms with Gasteiger partial charge < -0.3 is 14.8 Å². The molecule has 0 saturated heterocycles. The van der Waals surface area contributed by atoms with E-state index in [0.29, 0.717) is 13.2 Å². The average Bonchev–Trinajstić information content (AvgIpc) is 2.52. The zero-order valence-corrected chi connectivity index (χ0v) is 15.4. The molecule has 0 unspecified atom stereocenters. The molecule has 0 spiro atoms. The number of hydrogen-bond donors (Lipinski definition) is 1. The standard InChI is InChI=1S/C17H17Br2NO2/c1-3-8-22-17-15(18)9-12(10-16(17)19)11-20-13-4-6-14(21-2)7-5-13/h3-7,9-10,20H,1,8,11H2,2H3. The molecule has 0 bridgehead atoms. The van der Waals surface area contributed by atoms with Gasteiger partial charge in [0.05, 0.1) is 16.1 Å². The van der Waals surface area contributed by atoms with E-state index in [2.05, 4.69) is 43.8 Å². The van der Waals surface area contributed by atoms with Gasteiger partial charge in [-0.25, -0.2) is 0 Å². The molecule has 0 saturated carbocycles. The first kappa shape index (κ1) is 16.9. The number of benzene rings is 2. The minimum Gasteiger partial charge on any atom is -0.497 e. The number of methoxy groups -OCH3 is 1. The van der Waals surface area contributed by atoms with Crippen LogP contribution in [0.3, 0.4) is 0 Å². The highest BCUT2D eigenvalue weighted by Gasteiger charge is 2.08. The van der Waals surface area contributed by atoms with E-state index < -0.39 is 0 Å². The van der Waals surface area contributed by atoms with Gasteiger partial charge in [-0.3, -0.25) is 0 Å². The third kappa shape index (κ3) is 4.52. The van der Waals surface area contributed by atoms with Crippen molar-refractivity contribution in [3.63, 3.8) is 0 Å². The van der Waals surface area contributed by atoms with E-state index in [-0.39, 0.29) is 0 Å². The van der Waals surface area contributed by atoms with E-state index in [1.54, 1.807) is 13.2 Å². The zero-order chi connectivity index (χ0) is 15.9. The van der Waals surface area contributed by atoms with Gasteiger partial charge in [0.1, 0.15) is 18.1 Å². The highest BCUT2D eigenvalue weighted by Crippen LogP contribution is 2.35. The smallest absolute Gasteiger partial charge is 0.148 e. The minimum atomic E-state index is 0.473. The number of hydrogen-bond acceptors (Lipinski definition) is 3. The van der Waals surface area contributed by atoms with Gasteiger partial charge in [0, 0.05) is 12.2 Å². The summed E-state index contributed by atoms with van der Waals surface area (Å²) < 4.78 is 12.6. The second-order valence-corrected chi connectivity index (χ2v) is 6.28. The topological polar surface area (TPSA) is 30.5 Å².